The molecule has 12 nitrogen and oxygen atoms in total. The van der Waals surface area contributed by atoms with Gasteiger partial charge in [0, 0.05) is 13.3 Å². The number of aliphatic carboxylic acids is 2. The Kier molecular flexibility index (Phi) is 11.9. The van der Waals surface area contributed by atoms with Gasteiger partial charge in [0.05, 0.1) is 6.42 Å². The molecule has 0 bridgehead atoms. The van der Waals surface area contributed by atoms with Crippen molar-refractivity contribution in [1.29, 1.82) is 0 Å². The minimum Gasteiger partial charge on any atom is -0.481 e. The molecular weight excluding hydrogens is 460 g/mol. The number of carbonyl (C=O) groups excluding carboxylic acids is 4. The number of hydrogen-bond acceptors (Lipinski definition) is 6. The lowest BCUT2D eigenvalue weighted by Gasteiger charge is -2.26. The molecule has 0 unspecified atom stereocenters. The fraction of sp³-hybridized carbons (Fsp3) is 0.478. The first kappa shape index (κ1) is 29.1. The largest absolute Gasteiger partial charge is 0.481 e. The zero-order valence-corrected chi connectivity index (χ0v) is 19.9. The van der Waals surface area contributed by atoms with Crippen LogP contribution in [0.25, 0.3) is 0 Å². The van der Waals surface area contributed by atoms with Gasteiger partial charge in [-0.3, -0.25) is 28.8 Å². The summed E-state index contributed by atoms with van der Waals surface area (Å²) in [5.74, 6) is -5.92. The van der Waals surface area contributed by atoms with Crippen LogP contribution in [0.5, 0.6) is 0 Å². The zero-order chi connectivity index (χ0) is 26.5. The van der Waals surface area contributed by atoms with E-state index >= 15 is 0 Å². The molecule has 0 saturated heterocycles. The van der Waals surface area contributed by atoms with Crippen molar-refractivity contribution in [2.24, 2.45) is 5.92 Å². The molecule has 192 valence electrons. The van der Waals surface area contributed by atoms with Crippen molar-refractivity contribution in [3.63, 3.8) is 0 Å². The van der Waals surface area contributed by atoms with Crippen LogP contribution < -0.4 is 21.3 Å². The van der Waals surface area contributed by atoms with Gasteiger partial charge in [0.1, 0.15) is 24.7 Å². The Morgan fingerprint density at radius 2 is 1.43 bits per heavy atom. The molecule has 0 saturated carbocycles. The van der Waals surface area contributed by atoms with E-state index in [2.05, 4.69) is 21.3 Å². The molecule has 0 spiro atoms. The third-order valence-corrected chi connectivity index (χ3v) is 5.20. The van der Waals surface area contributed by atoms with Crippen molar-refractivity contribution in [2.45, 2.75) is 58.2 Å². The third kappa shape index (κ3) is 10.7. The normalized spacial score (nSPS) is 13.9. The van der Waals surface area contributed by atoms with Crippen LogP contribution in [-0.4, -0.2) is 70.5 Å². The summed E-state index contributed by atoms with van der Waals surface area (Å²) in [7, 11) is 0. The molecule has 4 amide bonds. The first-order valence-electron chi connectivity index (χ1n) is 11.1. The van der Waals surface area contributed by atoms with Crippen LogP contribution in [0.4, 0.5) is 0 Å². The molecule has 0 aliphatic carbocycles. The molecule has 1 rings (SSSR count). The molecule has 1 aromatic rings. The zero-order valence-electron chi connectivity index (χ0n) is 19.9. The minimum atomic E-state index is -1.55. The monoisotopic (exact) mass is 492 g/mol. The van der Waals surface area contributed by atoms with Crippen molar-refractivity contribution < 1.29 is 39.0 Å². The van der Waals surface area contributed by atoms with E-state index in [4.69, 9.17) is 5.11 Å². The van der Waals surface area contributed by atoms with Crippen LogP contribution >= 0.6 is 0 Å². The van der Waals surface area contributed by atoms with Crippen molar-refractivity contribution in [1.82, 2.24) is 21.3 Å². The fourth-order valence-corrected chi connectivity index (χ4v) is 3.18. The van der Waals surface area contributed by atoms with Gasteiger partial charge in [-0.15, -0.1) is 0 Å². The second-order valence-corrected chi connectivity index (χ2v) is 8.09. The van der Waals surface area contributed by atoms with E-state index in [0.717, 1.165) is 0 Å². The molecule has 0 heterocycles. The third-order valence-electron chi connectivity index (χ3n) is 5.20. The number of nitrogens with one attached hydrogen (secondary N) is 4. The summed E-state index contributed by atoms with van der Waals surface area (Å²) in [6.07, 6.45) is -0.260. The van der Waals surface area contributed by atoms with Crippen molar-refractivity contribution in [2.75, 3.05) is 6.54 Å². The predicted molar refractivity (Wildman–Crippen MR) is 124 cm³/mol. The maximum atomic E-state index is 13.0. The number of benzene rings is 1. The minimum absolute atomic E-state index is 0.00679. The number of carboxylic acids is 2. The smallest absolute Gasteiger partial charge is 0.322 e. The maximum Gasteiger partial charge on any atom is 0.322 e. The molecule has 0 aliphatic rings. The van der Waals surface area contributed by atoms with E-state index in [1.165, 1.54) is 6.92 Å². The van der Waals surface area contributed by atoms with Crippen LogP contribution in [0.15, 0.2) is 30.3 Å². The number of carboxylic acid groups (broad SMARTS) is 2. The molecule has 12 heteroatoms. The van der Waals surface area contributed by atoms with E-state index in [1.54, 1.807) is 44.2 Å². The highest BCUT2D eigenvalue weighted by molar-refractivity contribution is 5.96. The summed E-state index contributed by atoms with van der Waals surface area (Å²) in [5, 5.41) is 27.6. The SMILES string of the molecule is CC[C@H](C)[C@H](NC(C)=O)C(=O)N[C@@H](CC(=O)O)C(=O)N[C@@H](Cc1ccccc1)C(=O)NCC(=O)O. The Hall–Kier alpha value is -3.96. The fourth-order valence-electron chi connectivity index (χ4n) is 3.18. The van der Waals surface area contributed by atoms with E-state index in [0.29, 0.717) is 12.0 Å². The van der Waals surface area contributed by atoms with Gasteiger partial charge >= 0.3 is 11.9 Å². The van der Waals surface area contributed by atoms with Crippen LogP contribution in [0.3, 0.4) is 0 Å². The van der Waals surface area contributed by atoms with Gasteiger partial charge in [0.2, 0.25) is 23.6 Å². The Bertz CT molecular complexity index is 921. The summed E-state index contributed by atoms with van der Waals surface area (Å²) >= 11 is 0. The molecule has 4 atom stereocenters. The Labute approximate surface area is 202 Å². The molecule has 6 N–H and O–H groups in total. The molecule has 35 heavy (non-hydrogen) atoms. The van der Waals surface area contributed by atoms with Crippen LogP contribution in [0.1, 0.15) is 39.2 Å². The highest BCUT2D eigenvalue weighted by atomic mass is 16.4. The number of carbonyl (C=O) groups is 6. The van der Waals surface area contributed by atoms with Gasteiger partial charge in [0.15, 0.2) is 0 Å². The van der Waals surface area contributed by atoms with Crippen LogP contribution in [-0.2, 0) is 35.2 Å². The Morgan fingerprint density at radius 1 is 0.829 bits per heavy atom. The van der Waals surface area contributed by atoms with Gasteiger partial charge in [-0.1, -0.05) is 50.6 Å². The van der Waals surface area contributed by atoms with Crippen LogP contribution in [0.2, 0.25) is 0 Å². The summed E-state index contributed by atoms with van der Waals surface area (Å²) in [6.45, 7) is 4.07. The highest BCUT2D eigenvalue weighted by Crippen LogP contribution is 2.10. The quantitative estimate of drug-likeness (QED) is 0.199. The molecule has 0 radical (unpaired) electrons. The molecule has 0 aromatic heterocycles. The first-order valence-corrected chi connectivity index (χ1v) is 11.1. The lowest BCUT2D eigenvalue weighted by molar-refractivity contribution is -0.142. The second kappa shape index (κ2) is 14.3. The summed E-state index contributed by atoms with van der Waals surface area (Å²) in [6, 6.07) is 4.80. The average molecular weight is 493 g/mol. The Morgan fingerprint density at radius 3 is 1.94 bits per heavy atom. The summed E-state index contributed by atoms with van der Waals surface area (Å²) in [4.78, 5) is 72.1. The van der Waals surface area contributed by atoms with Gasteiger partial charge in [-0.2, -0.15) is 0 Å². The van der Waals surface area contributed by atoms with Crippen LogP contribution in [0, 0.1) is 5.92 Å². The molecular formula is C23H32N4O8. The van der Waals surface area contributed by atoms with Crippen molar-refractivity contribution in [3.8, 4) is 0 Å². The number of rotatable bonds is 14. The van der Waals surface area contributed by atoms with E-state index in [-0.39, 0.29) is 12.3 Å². The van der Waals surface area contributed by atoms with Crippen molar-refractivity contribution >= 4 is 35.6 Å². The molecule has 0 aliphatic heterocycles. The lowest BCUT2D eigenvalue weighted by atomic mass is 9.97. The Balaban J connectivity index is 3.10. The van der Waals surface area contributed by atoms with E-state index in [9.17, 15) is 33.9 Å². The summed E-state index contributed by atoms with van der Waals surface area (Å²) < 4.78 is 0. The van der Waals surface area contributed by atoms with Gasteiger partial charge < -0.3 is 31.5 Å². The van der Waals surface area contributed by atoms with Gasteiger partial charge in [0.25, 0.3) is 0 Å². The number of hydrogen-bond donors (Lipinski definition) is 6. The molecule has 0 fully saturated rings. The van der Waals surface area contributed by atoms with Gasteiger partial charge in [-0.25, -0.2) is 0 Å². The standard InChI is InChI=1S/C23H32N4O8/c1-4-13(2)20(25-14(3)28)23(35)27-17(11-18(29)30)22(34)26-16(21(33)24-12-19(31)32)10-15-8-6-5-7-9-15/h5-9,13,16-17,20H,4,10-12H2,1-3H3,(H,24,33)(H,25,28)(H,26,34)(H,27,35)(H,29,30)(H,31,32)/t13-,16-,17-,20-/m0/s1. The van der Waals surface area contributed by atoms with Gasteiger partial charge in [-0.05, 0) is 11.5 Å². The molecule has 1 aromatic carbocycles. The average Bonchev–Trinajstić information content (AvgIpc) is 2.79. The summed E-state index contributed by atoms with van der Waals surface area (Å²) in [5.41, 5.74) is 0.657. The second-order valence-electron chi connectivity index (χ2n) is 8.09. The van der Waals surface area contributed by atoms with Crippen molar-refractivity contribution in [3.05, 3.63) is 35.9 Å². The first-order chi connectivity index (χ1) is 16.4. The lowest BCUT2D eigenvalue weighted by Crippen LogP contribution is -2.58. The predicted octanol–water partition coefficient (Wildman–Crippen LogP) is -0.575. The van der Waals surface area contributed by atoms with E-state index in [1.807, 2.05) is 0 Å². The maximum absolute atomic E-state index is 13.0. The topological polar surface area (TPSA) is 191 Å². The highest BCUT2D eigenvalue weighted by Gasteiger charge is 2.32. The number of amides is 4. The van der Waals surface area contributed by atoms with E-state index < -0.39 is 66.7 Å².